The van der Waals surface area contributed by atoms with Crippen molar-refractivity contribution in [1.82, 2.24) is 55.4 Å². The van der Waals surface area contributed by atoms with Crippen molar-refractivity contribution in [3.63, 3.8) is 0 Å². The average Bonchev–Trinajstić information content (AvgIpc) is 4.16. The number of pyridine rings is 1. The van der Waals surface area contributed by atoms with Gasteiger partial charge in [-0.25, -0.2) is 24.2 Å². The topological polar surface area (TPSA) is 163 Å². The summed E-state index contributed by atoms with van der Waals surface area (Å²) in [5.41, 5.74) is 4.05. The zero-order valence-corrected chi connectivity index (χ0v) is 32.2. The minimum absolute atomic E-state index is 0.0146. The maximum atomic E-state index is 13.1. The molecular formula is C40H55N11O4. The second kappa shape index (κ2) is 16.9. The van der Waals surface area contributed by atoms with Crippen LogP contribution in [0, 0.1) is 0 Å². The van der Waals surface area contributed by atoms with Crippen LogP contribution in [0.5, 0.6) is 0 Å². The van der Waals surface area contributed by atoms with Gasteiger partial charge in [-0.3, -0.25) is 0 Å². The highest BCUT2D eigenvalue weighted by atomic mass is 16.2. The fraction of sp³-hybridized carbons (Fsp3) is 0.525. The van der Waals surface area contributed by atoms with Gasteiger partial charge in [-0.05, 0) is 81.2 Å². The third-order valence-corrected chi connectivity index (χ3v) is 11.2. The molecule has 0 radical (unpaired) electrons. The van der Waals surface area contributed by atoms with Crippen LogP contribution in [-0.2, 0) is 20.1 Å². The predicted molar refractivity (Wildman–Crippen MR) is 211 cm³/mol. The van der Waals surface area contributed by atoms with E-state index >= 15 is 0 Å². The van der Waals surface area contributed by atoms with E-state index in [1.54, 1.807) is 25.2 Å². The van der Waals surface area contributed by atoms with Gasteiger partial charge < -0.3 is 50.4 Å². The molecule has 1 aromatic carbocycles. The molecule has 0 bridgehead atoms. The number of nitrogens with zero attached hydrogens (tertiary/aromatic N) is 6. The number of aromatic amines is 1. The third kappa shape index (κ3) is 8.92. The summed E-state index contributed by atoms with van der Waals surface area (Å²) in [6.07, 6.45) is 11.8. The molecule has 5 N–H and O–H groups in total. The average molecular weight is 754 g/mol. The highest BCUT2D eigenvalue weighted by molar-refractivity contribution is 5.85. The van der Waals surface area contributed by atoms with Crippen LogP contribution in [-0.4, -0.2) is 123 Å². The number of carbonyl (C=O) groups excluding carboxylic acids is 4. The van der Waals surface area contributed by atoms with Crippen molar-refractivity contribution in [1.29, 1.82) is 0 Å². The summed E-state index contributed by atoms with van der Waals surface area (Å²) in [5.74, 6) is 0. The van der Waals surface area contributed by atoms with Gasteiger partial charge in [0.15, 0.2) is 0 Å². The molecule has 15 nitrogen and oxygen atoms in total. The zero-order chi connectivity index (χ0) is 38.5. The number of aromatic nitrogens is 3. The van der Waals surface area contributed by atoms with Crippen LogP contribution < -0.4 is 21.3 Å². The molecule has 2 atom stereocenters. The van der Waals surface area contributed by atoms with Crippen molar-refractivity contribution in [2.24, 2.45) is 7.05 Å². The van der Waals surface area contributed by atoms with Gasteiger partial charge in [0.2, 0.25) is 0 Å². The summed E-state index contributed by atoms with van der Waals surface area (Å²) < 4.78 is 2.10. The quantitative estimate of drug-likeness (QED) is 0.176. The number of urea groups is 4. The first-order valence-corrected chi connectivity index (χ1v) is 19.7. The lowest BCUT2D eigenvalue weighted by Crippen LogP contribution is -2.56. The fourth-order valence-electron chi connectivity index (χ4n) is 8.21. The maximum Gasteiger partial charge on any atom is 0.318 e. The van der Waals surface area contributed by atoms with Crippen LogP contribution in [0.25, 0.3) is 21.9 Å². The lowest BCUT2D eigenvalue weighted by atomic mass is 10.0. The molecule has 0 spiro atoms. The maximum absolute atomic E-state index is 13.1. The second-order valence-electron chi connectivity index (χ2n) is 15.2. The molecule has 4 aliphatic rings. The van der Waals surface area contributed by atoms with Crippen molar-refractivity contribution in [3.8, 4) is 0 Å². The fourth-order valence-corrected chi connectivity index (χ4v) is 8.21. The molecule has 2 aliphatic carbocycles. The lowest BCUT2D eigenvalue weighted by molar-refractivity contribution is 0.116. The molecule has 2 saturated carbocycles. The van der Waals surface area contributed by atoms with Crippen molar-refractivity contribution < 1.29 is 19.2 Å². The number of amides is 8. The molecule has 55 heavy (non-hydrogen) atoms. The first-order chi connectivity index (χ1) is 26.7. The number of hydrogen-bond donors (Lipinski definition) is 5. The Morgan fingerprint density at radius 2 is 1.35 bits per heavy atom. The Labute approximate surface area is 322 Å². The Kier molecular flexibility index (Phi) is 11.6. The summed E-state index contributed by atoms with van der Waals surface area (Å²) in [5, 5.41) is 13.8. The van der Waals surface area contributed by atoms with Crippen LogP contribution in [0.3, 0.4) is 0 Å². The third-order valence-electron chi connectivity index (χ3n) is 11.2. The van der Waals surface area contributed by atoms with Crippen LogP contribution in [0.4, 0.5) is 19.2 Å². The van der Waals surface area contributed by atoms with Crippen molar-refractivity contribution >= 4 is 46.1 Å². The number of piperidine rings is 2. The number of fused-ring (bicyclic) bond motifs is 2. The molecule has 15 heteroatoms. The molecule has 2 aliphatic heterocycles. The smallest absolute Gasteiger partial charge is 0.318 e. The van der Waals surface area contributed by atoms with E-state index in [-0.39, 0.29) is 36.2 Å². The number of nitrogens with one attached hydrogen (secondary N) is 5. The number of aryl methyl sites for hydroxylation is 1. The van der Waals surface area contributed by atoms with Crippen molar-refractivity contribution in [2.75, 3.05) is 40.3 Å². The second-order valence-corrected chi connectivity index (χ2v) is 15.2. The molecule has 4 aromatic rings. The van der Waals surface area contributed by atoms with Gasteiger partial charge in [0.25, 0.3) is 0 Å². The van der Waals surface area contributed by atoms with Gasteiger partial charge in [0.05, 0.1) is 18.6 Å². The number of rotatable bonds is 8. The van der Waals surface area contributed by atoms with E-state index < -0.39 is 0 Å². The monoisotopic (exact) mass is 753 g/mol. The van der Waals surface area contributed by atoms with Crippen LogP contribution >= 0.6 is 0 Å². The molecule has 8 amide bonds. The molecule has 2 saturated heterocycles. The molecule has 3 aromatic heterocycles. The van der Waals surface area contributed by atoms with Gasteiger partial charge >= 0.3 is 24.1 Å². The van der Waals surface area contributed by atoms with E-state index in [1.807, 2.05) is 52.1 Å². The first kappa shape index (κ1) is 37.8. The van der Waals surface area contributed by atoms with Gasteiger partial charge in [-0.15, -0.1) is 0 Å². The van der Waals surface area contributed by atoms with Crippen LogP contribution in [0.2, 0.25) is 0 Å². The van der Waals surface area contributed by atoms with Crippen molar-refractivity contribution in [2.45, 2.75) is 88.6 Å². The van der Waals surface area contributed by atoms with Gasteiger partial charge in [-0.2, -0.15) is 0 Å². The standard InChI is InChI=1S/C21H29N5O2.C19H26N6O2/c1-22-20(27)25-11-5-6-17(14-25)26(16-9-10-16)21(28)23-12-15-13-24(2)19-8-4-3-7-18(15)19;1-20-18(26)24-9-3-5-16(12-24)25(15-6-7-15)19(27)22-11-14-10-13-4-2-8-21-17(13)23-14/h3-4,7-8,13,16-17H,5-6,9-12,14H2,1-2H3,(H,22,27)(H,23,28);2,4,8,10,15-16H,3,5-7,9,11-12H2,1H3,(H,20,26)(H,21,23)(H,22,27)/t17-;16-/m11/s1. The Morgan fingerprint density at radius 3 is 1.91 bits per heavy atom. The summed E-state index contributed by atoms with van der Waals surface area (Å²) in [4.78, 5) is 65.1. The van der Waals surface area contributed by atoms with Crippen molar-refractivity contribution in [3.05, 3.63) is 66.1 Å². The zero-order valence-electron chi connectivity index (χ0n) is 32.2. The van der Waals surface area contributed by atoms with Crippen LogP contribution in [0.1, 0.15) is 62.6 Å². The Balaban J connectivity index is 0.000000169. The molecule has 294 valence electrons. The van der Waals surface area contributed by atoms with E-state index in [0.717, 1.165) is 86.7 Å². The van der Waals surface area contributed by atoms with Gasteiger partial charge in [-0.1, -0.05) is 18.2 Å². The minimum Gasteiger partial charge on any atom is -0.350 e. The van der Waals surface area contributed by atoms with E-state index in [2.05, 4.69) is 54.1 Å². The van der Waals surface area contributed by atoms with E-state index in [0.29, 0.717) is 38.3 Å². The Hall–Kier alpha value is -5.47. The highest BCUT2D eigenvalue weighted by Gasteiger charge is 2.41. The molecule has 5 heterocycles. The number of H-pyrrole nitrogens is 1. The highest BCUT2D eigenvalue weighted by Crippen LogP contribution is 2.33. The summed E-state index contributed by atoms with van der Waals surface area (Å²) >= 11 is 0. The Morgan fingerprint density at radius 1 is 0.764 bits per heavy atom. The SMILES string of the molecule is CNC(=O)N1CCC[C@@H](N(C(=O)NCc2cc3cccnc3[nH]2)C2CC2)C1.CNC(=O)N1CCC[C@@H](N(C(=O)NCc2cn(C)c3ccccc23)C2CC2)C1. The minimum atomic E-state index is -0.0681. The normalized spacial score (nSPS) is 19.6. The number of carbonyl (C=O) groups is 4. The summed E-state index contributed by atoms with van der Waals surface area (Å²) in [6, 6.07) is 14.7. The Bertz CT molecular complexity index is 1950. The van der Waals surface area contributed by atoms with E-state index in [4.69, 9.17) is 0 Å². The molecular weight excluding hydrogens is 699 g/mol. The lowest BCUT2D eigenvalue weighted by Gasteiger charge is -2.39. The largest absolute Gasteiger partial charge is 0.350 e. The molecule has 4 fully saturated rings. The van der Waals surface area contributed by atoms with E-state index in [1.165, 1.54) is 10.9 Å². The summed E-state index contributed by atoms with van der Waals surface area (Å²) in [7, 11) is 5.33. The molecule has 0 unspecified atom stereocenters. The first-order valence-electron chi connectivity index (χ1n) is 19.7. The number of benzene rings is 1. The number of para-hydroxylation sites is 1. The van der Waals surface area contributed by atoms with Crippen LogP contribution in [0.15, 0.2) is 54.9 Å². The van der Waals surface area contributed by atoms with Gasteiger partial charge in [0.1, 0.15) is 5.65 Å². The van der Waals surface area contributed by atoms with Gasteiger partial charge in [0, 0.05) is 100 Å². The summed E-state index contributed by atoms with van der Waals surface area (Å²) in [6.45, 7) is 3.65. The molecule has 8 rings (SSSR count). The van der Waals surface area contributed by atoms with E-state index in [9.17, 15) is 19.2 Å². The predicted octanol–water partition coefficient (Wildman–Crippen LogP) is 4.70. The number of likely N-dealkylation sites (tertiary alicyclic amines) is 2. The number of hydrogen-bond acceptors (Lipinski definition) is 5.